The fourth-order valence-electron chi connectivity index (χ4n) is 6.50. The molecule has 218 valence electrons. The maximum Gasteiger partial charge on any atom is 0.341 e. The zero-order valence-corrected chi connectivity index (χ0v) is 24.8. The first-order valence-corrected chi connectivity index (χ1v) is 14.9. The number of likely N-dealkylation sites (tertiary alicyclic amines) is 1. The molecule has 2 fully saturated rings. The second kappa shape index (κ2) is 11.5. The van der Waals surface area contributed by atoms with Crippen molar-refractivity contribution in [2.24, 2.45) is 7.05 Å². The minimum atomic E-state index is -0.403. The first-order valence-electron chi connectivity index (χ1n) is 14.9. The van der Waals surface area contributed by atoms with E-state index in [2.05, 4.69) is 52.4 Å². The number of amides is 1. The number of carbonyl (C=O) groups is 2. The molecule has 3 unspecified atom stereocenters. The number of rotatable bonds is 8. The number of hydrogen-bond acceptors (Lipinski definition) is 6. The minimum absolute atomic E-state index is 0.0730. The molecule has 6 rings (SSSR count). The van der Waals surface area contributed by atoms with E-state index in [-0.39, 0.29) is 17.7 Å². The third kappa shape index (κ3) is 5.35. The van der Waals surface area contributed by atoms with Crippen LogP contribution in [0.25, 0.3) is 16.8 Å². The van der Waals surface area contributed by atoms with E-state index in [1.165, 1.54) is 13.5 Å². The van der Waals surface area contributed by atoms with Gasteiger partial charge in [-0.15, -0.1) is 5.10 Å². The lowest BCUT2D eigenvalue weighted by atomic mass is 9.96. The normalized spacial score (nSPS) is 20.0. The Kier molecular flexibility index (Phi) is 7.66. The van der Waals surface area contributed by atoms with E-state index in [4.69, 9.17) is 4.74 Å². The van der Waals surface area contributed by atoms with Crippen molar-refractivity contribution in [1.29, 1.82) is 0 Å². The van der Waals surface area contributed by atoms with E-state index in [9.17, 15) is 9.59 Å². The number of benzene rings is 2. The first kappa shape index (κ1) is 27.9. The van der Waals surface area contributed by atoms with Crippen molar-refractivity contribution in [2.45, 2.75) is 70.3 Å². The van der Waals surface area contributed by atoms with Crippen LogP contribution in [0, 0.1) is 6.92 Å². The van der Waals surface area contributed by atoms with E-state index >= 15 is 0 Å². The molecule has 3 heterocycles. The van der Waals surface area contributed by atoms with Gasteiger partial charge in [0.05, 0.1) is 30.4 Å². The molecule has 2 aromatic carbocycles. The fourth-order valence-corrected chi connectivity index (χ4v) is 6.50. The van der Waals surface area contributed by atoms with E-state index in [1.54, 1.807) is 10.9 Å². The fraction of sp³-hybridized carbons (Fsp3) is 0.424. The zero-order chi connectivity index (χ0) is 29.4. The summed E-state index contributed by atoms with van der Waals surface area (Å²) >= 11 is 0. The molecule has 1 aliphatic carbocycles. The molecule has 9 heteroatoms. The van der Waals surface area contributed by atoms with Gasteiger partial charge in [-0.25, -0.2) is 9.48 Å². The van der Waals surface area contributed by atoms with E-state index in [0.29, 0.717) is 11.6 Å². The molecule has 2 aliphatic rings. The molecule has 0 radical (unpaired) electrons. The number of aryl methyl sites for hydroxylation is 2. The lowest BCUT2D eigenvalue weighted by Gasteiger charge is -2.36. The van der Waals surface area contributed by atoms with Crippen LogP contribution in [0.1, 0.15) is 95.0 Å². The molecule has 4 aromatic rings. The summed E-state index contributed by atoms with van der Waals surface area (Å²) in [5.41, 5.74) is 6.80. The largest absolute Gasteiger partial charge is 0.465 e. The molecular formula is C33H38N6O3. The van der Waals surface area contributed by atoms with Crippen LogP contribution >= 0.6 is 0 Å². The van der Waals surface area contributed by atoms with Gasteiger partial charge in [-0.1, -0.05) is 36.8 Å². The first-order chi connectivity index (χ1) is 20.4. The molecule has 0 N–H and O–H groups in total. The lowest BCUT2D eigenvalue weighted by molar-refractivity contribution is 0.0592. The molecule has 1 amide bonds. The highest BCUT2D eigenvalue weighted by atomic mass is 16.5. The number of methoxy groups -OCH3 is 1. The predicted octanol–water partition coefficient (Wildman–Crippen LogP) is 5.83. The van der Waals surface area contributed by atoms with Gasteiger partial charge in [0, 0.05) is 43.2 Å². The molecule has 0 bridgehead atoms. The number of aromatic nitrogens is 5. The lowest BCUT2D eigenvalue weighted by Crippen LogP contribution is -2.43. The molecular weight excluding hydrogens is 528 g/mol. The highest BCUT2D eigenvalue weighted by Gasteiger charge is 2.46. The van der Waals surface area contributed by atoms with Crippen molar-refractivity contribution in [3.8, 4) is 16.8 Å². The average molecular weight is 567 g/mol. The Bertz CT molecular complexity index is 1620. The summed E-state index contributed by atoms with van der Waals surface area (Å²) in [6, 6.07) is 14.5. The van der Waals surface area contributed by atoms with Gasteiger partial charge in [-0.05, 0) is 80.0 Å². The summed E-state index contributed by atoms with van der Waals surface area (Å²) in [4.78, 5) is 28.5. The van der Waals surface area contributed by atoms with Crippen molar-refractivity contribution in [3.63, 3.8) is 0 Å². The molecule has 3 atom stereocenters. The number of nitrogens with zero attached hydrogens (tertiary/aromatic N) is 6. The third-order valence-electron chi connectivity index (χ3n) is 8.61. The van der Waals surface area contributed by atoms with Gasteiger partial charge >= 0.3 is 5.97 Å². The van der Waals surface area contributed by atoms with E-state index in [1.807, 2.05) is 42.2 Å². The number of hydrogen-bond donors (Lipinski definition) is 0. The van der Waals surface area contributed by atoms with E-state index in [0.717, 1.165) is 78.0 Å². The monoisotopic (exact) mass is 566 g/mol. The Morgan fingerprint density at radius 1 is 1.07 bits per heavy atom. The topological polar surface area (TPSA) is 95.1 Å². The van der Waals surface area contributed by atoms with Gasteiger partial charge in [0.15, 0.2) is 0 Å². The van der Waals surface area contributed by atoms with Crippen molar-refractivity contribution in [3.05, 3.63) is 82.9 Å². The summed E-state index contributed by atoms with van der Waals surface area (Å²) in [5.74, 6) is -0.0531. The van der Waals surface area contributed by atoms with Crippen molar-refractivity contribution in [2.75, 3.05) is 13.7 Å². The number of ether oxygens (including phenoxy) is 1. The Balaban J connectivity index is 1.35. The molecule has 42 heavy (non-hydrogen) atoms. The van der Waals surface area contributed by atoms with Crippen LogP contribution in [-0.4, -0.2) is 61.2 Å². The maximum atomic E-state index is 13.7. The number of piperidine rings is 1. The SMILES string of the molecule is CCCC1CCCCN1C(=O)c1cccc(-c2cc(C)cc(-n3ncc(C(=O)OC)c3C3CC3c3cn(C)nn3)c2)c1. The van der Waals surface area contributed by atoms with Crippen LogP contribution in [0.15, 0.2) is 54.9 Å². The quantitative estimate of drug-likeness (QED) is 0.249. The highest BCUT2D eigenvalue weighted by Crippen LogP contribution is 2.55. The van der Waals surface area contributed by atoms with Gasteiger partial charge in [0.2, 0.25) is 0 Å². The van der Waals surface area contributed by atoms with Crippen molar-refractivity contribution < 1.29 is 14.3 Å². The summed E-state index contributed by atoms with van der Waals surface area (Å²) in [6.07, 6.45) is 9.83. The number of carbonyl (C=O) groups excluding carboxylic acids is 2. The average Bonchev–Trinajstić information content (AvgIpc) is 3.45. The third-order valence-corrected chi connectivity index (χ3v) is 8.61. The molecule has 9 nitrogen and oxygen atoms in total. The Labute approximate surface area is 246 Å². The molecule has 1 saturated carbocycles. The van der Waals surface area contributed by atoms with Gasteiger partial charge < -0.3 is 9.64 Å². The maximum absolute atomic E-state index is 13.7. The highest BCUT2D eigenvalue weighted by molar-refractivity contribution is 5.96. The Morgan fingerprint density at radius 2 is 1.93 bits per heavy atom. The van der Waals surface area contributed by atoms with Crippen LogP contribution in [0.2, 0.25) is 0 Å². The summed E-state index contributed by atoms with van der Waals surface area (Å²) in [6.45, 7) is 5.06. The minimum Gasteiger partial charge on any atom is -0.465 e. The van der Waals surface area contributed by atoms with Crippen LogP contribution in [-0.2, 0) is 11.8 Å². The van der Waals surface area contributed by atoms with Crippen molar-refractivity contribution >= 4 is 11.9 Å². The van der Waals surface area contributed by atoms with Crippen LogP contribution < -0.4 is 0 Å². The second-order valence-corrected chi connectivity index (χ2v) is 11.7. The summed E-state index contributed by atoms with van der Waals surface area (Å²) in [7, 11) is 3.24. The van der Waals surface area contributed by atoms with Gasteiger partial charge in [0.1, 0.15) is 5.56 Å². The molecule has 2 aromatic heterocycles. The predicted molar refractivity (Wildman–Crippen MR) is 160 cm³/mol. The number of esters is 1. The summed E-state index contributed by atoms with van der Waals surface area (Å²) in [5, 5.41) is 13.1. The zero-order valence-electron chi connectivity index (χ0n) is 24.8. The van der Waals surface area contributed by atoms with Crippen LogP contribution in [0.5, 0.6) is 0 Å². The van der Waals surface area contributed by atoms with Gasteiger partial charge in [-0.3, -0.25) is 9.48 Å². The molecule has 1 saturated heterocycles. The van der Waals surface area contributed by atoms with Crippen LogP contribution in [0.3, 0.4) is 0 Å². The smallest absolute Gasteiger partial charge is 0.341 e. The van der Waals surface area contributed by atoms with Gasteiger partial charge in [0.25, 0.3) is 5.91 Å². The summed E-state index contributed by atoms with van der Waals surface area (Å²) < 4.78 is 8.68. The standard InChI is InChI=1S/C33H38N6O3/c1-5-9-25-12-6-7-13-38(25)32(40)23-11-8-10-22(16-23)24-14-21(2)15-26(17-24)39-31(29(19-34-39)33(41)42-4)28-18-27(28)30-20-37(3)36-35-30/h8,10-11,14-17,19-20,25,27-28H,5-7,9,12-13,18H2,1-4H3. The Hall–Kier alpha value is -4.27. The molecule has 0 spiro atoms. The van der Waals surface area contributed by atoms with Gasteiger partial charge in [-0.2, -0.15) is 5.10 Å². The van der Waals surface area contributed by atoms with Crippen molar-refractivity contribution in [1.82, 2.24) is 29.7 Å². The Morgan fingerprint density at radius 3 is 2.69 bits per heavy atom. The van der Waals surface area contributed by atoms with E-state index < -0.39 is 5.97 Å². The second-order valence-electron chi connectivity index (χ2n) is 11.7. The van der Waals surface area contributed by atoms with Crippen LogP contribution in [0.4, 0.5) is 0 Å². The molecule has 1 aliphatic heterocycles.